The molecule has 7 nitrogen and oxygen atoms in total. The van der Waals surface area contributed by atoms with Gasteiger partial charge in [0, 0.05) is 23.9 Å². The maximum atomic E-state index is 5.75. The molecule has 1 aromatic carbocycles. The number of aryl methyl sites for hydroxylation is 1. The van der Waals surface area contributed by atoms with E-state index in [0.29, 0.717) is 17.5 Å². The maximum absolute atomic E-state index is 5.75. The normalized spacial score (nSPS) is 15.1. The summed E-state index contributed by atoms with van der Waals surface area (Å²) in [5, 5.41) is 18.8. The lowest BCUT2D eigenvalue weighted by Crippen LogP contribution is -2.12. The quantitative estimate of drug-likeness (QED) is 0.387. The largest absolute Gasteiger partial charge is 0.386 e. The van der Waals surface area contributed by atoms with Crippen LogP contribution in [-0.4, -0.2) is 30.9 Å². The molecule has 1 fully saturated rings. The summed E-state index contributed by atoms with van der Waals surface area (Å²) in [6.07, 6.45) is 2.11. The minimum Gasteiger partial charge on any atom is -0.386 e. The monoisotopic (exact) mass is 378 g/mol. The Morgan fingerprint density at radius 3 is 2.85 bits per heavy atom. The van der Waals surface area contributed by atoms with Gasteiger partial charge in [-0.3, -0.25) is 0 Å². The zero-order valence-electron chi connectivity index (χ0n) is 15.0. The van der Waals surface area contributed by atoms with E-state index in [9.17, 15) is 0 Å². The minimum absolute atomic E-state index is 0.308. The molecule has 0 amide bonds. The van der Waals surface area contributed by atoms with Gasteiger partial charge in [0.05, 0.1) is 5.69 Å². The Kier molecular flexibility index (Phi) is 4.94. The fourth-order valence-corrected chi connectivity index (χ4v) is 3.11. The topological polar surface area (TPSA) is 78.1 Å². The molecule has 0 spiro atoms. The average Bonchev–Trinajstić information content (AvgIpc) is 3.23. The van der Waals surface area contributed by atoms with Gasteiger partial charge in [0.1, 0.15) is 0 Å². The molecule has 0 bridgehead atoms. The van der Waals surface area contributed by atoms with Gasteiger partial charge in [0.2, 0.25) is 5.82 Å². The van der Waals surface area contributed by atoms with E-state index in [-0.39, 0.29) is 6.10 Å². The molecule has 0 aliphatic heterocycles. The van der Waals surface area contributed by atoms with Crippen LogP contribution in [0.3, 0.4) is 0 Å². The Hall–Kier alpha value is -3.05. The van der Waals surface area contributed by atoms with Crippen LogP contribution in [0, 0.1) is 17.8 Å². The van der Waals surface area contributed by atoms with E-state index in [2.05, 4.69) is 37.5 Å². The van der Waals surface area contributed by atoms with Crippen LogP contribution in [0.15, 0.2) is 40.9 Å². The van der Waals surface area contributed by atoms with E-state index < -0.39 is 0 Å². The lowest BCUT2D eigenvalue weighted by Gasteiger charge is -2.09. The van der Waals surface area contributed by atoms with Gasteiger partial charge in [-0.25, -0.2) is 9.67 Å². The summed E-state index contributed by atoms with van der Waals surface area (Å²) in [7, 11) is 1.77. The first kappa shape index (κ1) is 17.4. The number of aromatic nitrogens is 5. The lowest BCUT2D eigenvalue weighted by molar-refractivity contribution is 0.0698. The molecule has 0 N–H and O–H groups in total. The molecule has 1 aliphatic carbocycles. The van der Waals surface area contributed by atoms with Crippen molar-refractivity contribution >= 4 is 17.0 Å². The van der Waals surface area contributed by atoms with Crippen LogP contribution in [0.5, 0.6) is 0 Å². The van der Waals surface area contributed by atoms with Crippen LogP contribution in [0.1, 0.15) is 48.0 Å². The molecular formula is C19H18N6OS. The first-order valence-corrected chi connectivity index (χ1v) is 9.57. The van der Waals surface area contributed by atoms with Crippen molar-refractivity contribution in [1.82, 2.24) is 25.2 Å². The summed E-state index contributed by atoms with van der Waals surface area (Å²) in [5.41, 5.74) is 2.25. The van der Waals surface area contributed by atoms with Crippen molar-refractivity contribution in [1.29, 1.82) is 0 Å². The van der Waals surface area contributed by atoms with Crippen molar-refractivity contribution in [3.63, 3.8) is 0 Å². The van der Waals surface area contributed by atoms with Crippen molar-refractivity contribution in [3.8, 4) is 11.8 Å². The Bertz CT molecular complexity index is 1010. The predicted octanol–water partition coefficient (Wildman–Crippen LogP) is 2.96. The van der Waals surface area contributed by atoms with Gasteiger partial charge in [-0.2, -0.15) is 0 Å². The average molecular weight is 378 g/mol. The highest BCUT2D eigenvalue weighted by atomic mass is 32.1. The molecule has 136 valence electrons. The first-order chi connectivity index (χ1) is 13.2. The molecule has 0 radical (unpaired) electrons. The third-order valence-corrected chi connectivity index (χ3v) is 4.86. The Morgan fingerprint density at radius 1 is 1.33 bits per heavy atom. The molecule has 1 saturated carbocycles. The van der Waals surface area contributed by atoms with Crippen LogP contribution in [-0.2, 0) is 11.9 Å². The van der Waals surface area contributed by atoms with Crippen LogP contribution >= 0.6 is 11.3 Å². The first-order valence-electron chi connectivity index (χ1n) is 8.69. The summed E-state index contributed by atoms with van der Waals surface area (Å²) >= 11 is 1.53. The van der Waals surface area contributed by atoms with Crippen molar-refractivity contribution in [3.05, 3.63) is 57.8 Å². The summed E-state index contributed by atoms with van der Waals surface area (Å²) in [6.45, 7) is 1.91. The van der Waals surface area contributed by atoms with Gasteiger partial charge in [-0.15, -0.1) is 16.4 Å². The number of benzene rings is 1. The second kappa shape index (κ2) is 7.68. The summed E-state index contributed by atoms with van der Waals surface area (Å²) < 4.78 is 1.56. The Labute approximate surface area is 161 Å². The summed E-state index contributed by atoms with van der Waals surface area (Å²) in [6, 6.07) is 9.69. The van der Waals surface area contributed by atoms with Gasteiger partial charge in [-0.1, -0.05) is 41.4 Å². The molecule has 2 aromatic heterocycles. The van der Waals surface area contributed by atoms with Crippen LogP contribution in [0.4, 0.5) is 0 Å². The molecule has 0 saturated heterocycles. The van der Waals surface area contributed by atoms with Gasteiger partial charge in [-0.05, 0) is 36.1 Å². The molecule has 1 unspecified atom stereocenters. The van der Waals surface area contributed by atoms with Gasteiger partial charge in [0.25, 0.3) is 0 Å². The fraction of sp³-hybridized carbons (Fsp3) is 0.316. The van der Waals surface area contributed by atoms with Gasteiger partial charge >= 0.3 is 0 Å². The smallest absolute Gasteiger partial charge is 0.204 e. The third kappa shape index (κ3) is 4.20. The molecule has 27 heavy (non-hydrogen) atoms. The van der Waals surface area contributed by atoms with Crippen LogP contribution < -0.4 is 0 Å². The van der Waals surface area contributed by atoms with Gasteiger partial charge in [0.15, 0.2) is 16.8 Å². The second-order valence-electron chi connectivity index (χ2n) is 6.30. The predicted molar refractivity (Wildman–Crippen MR) is 102 cm³/mol. The SMILES string of the molecule is CC(O/N=C(\c1ccccc1)c1nnnn1C)c1csc(C#CC2CC2)n1. The standard InChI is InChI=1S/C19H18N6OS/c1-13(16-12-27-17(20-16)11-10-14-8-9-14)26-22-18(15-6-4-3-5-7-15)19-21-23-24-25(19)2/h3-7,12-14H,8-9H2,1-2H3/b22-18+. The molecule has 2 heterocycles. The lowest BCUT2D eigenvalue weighted by atomic mass is 10.1. The number of nitrogens with zero attached hydrogens (tertiary/aromatic N) is 6. The number of thiazole rings is 1. The molecule has 3 aromatic rings. The second-order valence-corrected chi connectivity index (χ2v) is 7.16. The van der Waals surface area contributed by atoms with Crippen molar-refractivity contribution in [2.75, 3.05) is 0 Å². The zero-order valence-corrected chi connectivity index (χ0v) is 15.8. The van der Waals surface area contributed by atoms with E-state index in [0.717, 1.165) is 16.3 Å². The highest BCUT2D eigenvalue weighted by Gasteiger charge is 2.19. The number of hydrogen-bond acceptors (Lipinski definition) is 7. The molecule has 8 heteroatoms. The molecular weight excluding hydrogens is 360 g/mol. The van der Waals surface area contributed by atoms with Crippen molar-refractivity contribution in [2.45, 2.75) is 25.9 Å². The summed E-state index contributed by atoms with van der Waals surface area (Å²) in [4.78, 5) is 10.3. The molecule has 4 rings (SSSR count). The Balaban J connectivity index is 1.55. The number of oxime groups is 1. The van der Waals surface area contributed by atoms with E-state index >= 15 is 0 Å². The van der Waals surface area contributed by atoms with Crippen molar-refractivity contribution < 1.29 is 4.84 Å². The van der Waals surface area contributed by atoms with Crippen molar-refractivity contribution in [2.24, 2.45) is 18.1 Å². The van der Waals surface area contributed by atoms with E-state index in [1.165, 1.54) is 24.2 Å². The number of tetrazole rings is 1. The van der Waals surface area contributed by atoms with E-state index in [4.69, 9.17) is 4.84 Å². The maximum Gasteiger partial charge on any atom is 0.204 e. The highest BCUT2D eigenvalue weighted by Crippen LogP contribution is 2.28. The molecule has 1 aliphatic rings. The third-order valence-electron chi connectivity index (χ3n) is 4.08. The zero-order chi connectivity index (χ0) is 18.6. The van der Waals surface area contributed by atoms with Crippen LogP contribution in [0.2, 0.25) is 0 Å². The van der Waals surface area contributed by atoms with Gasteiger partial charge < -0.3 is 4.84 Å². The summed E-state index contributed by atoms with van der Waals surface area (Å²) in [5.74, 6) is 7.45. The van der Waals surface area contributed by atoms with E-state index in [1.54, 1.807) is 11.7 Å². The van der Waals surface area contributed by atoms with E-state index in [1.807, 2.05) is 42.6 Å². The number of hydrogen-bond donors (Lipinski definition) is 0. The highest BCUT2D eigenvalue weighted by molar-refractivity contribution is 7.10. The van der Waals surface area contributed by atoms with Crippen LogP contribution in [0.25, 0.3) is 0 Å². The molecule has 1 atom stereocenters. The Morgan fingerprint density at radius 2 is 2.15 bits per heavy atom. The fourth-order valence-electron chi connectivity index (χ4n) is 2.36. The minimum atomic E-state index is -0.308. The number of rotatable bonds is 5.